The van der Waals surface area contributed by atoms with Gasteiger partial charge in [0.1, 0.15) is 0 Å². The first-order valence-corrected chi connectivity index (χ1v) is 5.93. The Bertz CT molecular complexity index is 371. The van der Waals surface area contributed by atoms with Crippen LogP contribution in [0.4, 0.5) is 0 Å². The number of rotatable bonds is 6. The van der Waals surface area contributed by atoms with Gasteiger partial charge in [0.25, 0.3) is 0 Å². The molecule has 17 heavy (non-hydrogen) atoms. The largest absolute Gasteiger partial charge is 0.478 e. The van der Waals surface area contributed by atoms with E-state index in [1.165, 1.54) is 0 Å². The smallest absolute Gasteiger partial charge is 0.336 e. The zero-order chi connectivity index (χ0) is 12.8. The Balaban J connectivity index is 2.60. The third kappa shape index (κ3) is 4.57. The van der Waals surface area contributed by atoms with Crippen molar-refractivity contribution in [1.29, 1.82) is 0 Å². The predicted octanol–water partition coefficient (Wildman–Crippen LogP) is 3.34. The van der Waals surface area contributed by atoms with Crippen LogP contribution in [0.15, 0.2) is 24.3 Å². The Labute approximate surface area is 102 Å². The number of carboxylic acid groups (broad SMARTS) is 1. The summed E-state index contributed by atoms with van der Waals surface area (Å²) < 4.78 is 5.67. The molecule has 3 nitrogen and oxygen atoms in total. The van der Waals surface area contributed by atoms with Gasteiger partial charge in [-0.25, -0.2) is 4.79 Å². The molecule has 0 aliphatic heterocycles. The summed E-state index contributed by atoms with van der Waals surface area (Å²) in [5, 5.41) is 9.02. The van der Waals surface area contributed by atoms with Crippen molar-refractivity contribution >= 4 is 5.97 Å². The van der Waals surface area contributed by atoms with Crippen LogP contribution >= 0.6 is 0 Å². The number of ether oxygens (including phenoxy) is 1. The Morgan fingerprint density at radius 1 is 1.29 bits per heavy atom. The van der Waals surface area contributed by atoms with E-state index in [9.17, 15) is 4.79 Å². The zero-order valence-corrected chi connectivity index (χ0v) is 10.6. The van der Waals surface area contributed by atoms with Crippen LogP contribution in [0.25, 0.3) is 0 Å². The van der Waals surface area contributed by atoms with Gasteiger partial charge in [0.2, 0.25) is 0 Å². The lowest BCUT2D eigenvalue weighted by atomic mass is 10.1. The van der Waals surface area contributed by atoms with Gasteiger partial charge in [-0.2, -0.15) is 0 Å². The van der Waals surface area contributed by atoms with Gasteiger partial charge in [0.15, 0.2) is 0 Å². The van der Waals surface area contributed by atoms with Crippen LogP contribution in [-0.2, 0) is 11.3 Å². The van der Waals surface area contributed by atoms with E-state index in [0.29, 0.717) is 18.1 Å². The summed E-state index contributed by atoms with van der Waals surface area (Å²) >= 11 is 0. The Kier molecular flexibility index (Phi) is 5.16. The first-order valence-electron chi connectivity index (χ1n) is 5.93. The van der Waals surface area contributed by atoms with Crippen LogP contribution in [0.3, 0.4) is 0 Å². The molecule has 0 saturated carbocycles. The molecule has 1 N–H and O–H groups in total. The van der Waals surface area contributed by atoms with Crippen molar-refractivity contribution < 1.29 is 14.6 Å². The molecule has 0 bridgehead atoms. The normalized spacial score (nSPS) is 12.7. The summed E-state index contributed by atoms with van der Waals surface area (Å²) in [4.78, 5) is 11.0. The SMILES string of the molecule is CC(C)CC(C)OCc1ccccc1C(=O)O. The molecule has 0 fully saturated rings. The van der Waals surface area contributed by atoms with Gasteiger partial charge in [-0.1, -0.05) is 32.0 Å². The molecule has 0 amide bonds. The molecule has 1 rings (SSSR count). The standard InChI is InChI=1S/C14H20O3/c1-10(2)8-11(3)17-9-12-6-4-5-7-13(12)14(15)16/h4-7,10-11H,8-9H2,1-3H3,(H,15,16). The molecule has 3 heteroatoms. The fourth-order valence-corrected chi connectivity index (χ4v) is 1.82. The van der Waals surface area contributed by atoms with Crippen molar-refractivity contribution in [2.24, 2.45) is 5.92 Å². The highest BCUT2D eigenvalue weighted by Gasteiger charge is 2.11. The van der Waals surface area contributed by atoms with Gasteiger partial charge in [-0.3, -0.25) is 0 Å². The summed E-state index contributed by atoms with van der Waals surface area (Å²) in [6, 6.07) is 6.96. The van der Waals surface area contributed by atoms with Gasteiger partial charge in [-0.05, 0) is 30.9 Å². The molecule has 0 saturated heterocycles. The number of benzene rings is 1. The van der Waals surface area contributed by atoms with E-state index in [0.717, 1.165) is 12.0 Å². The van der Waals surface area contributed by atoms with Crippen LogP contribution in [0.2, 0.25) is 0 Å². The zero-order valence-electron chi connectivity index (χ0n) is 10.6. The minimum Gasteiger partial charge on any atom is -0.478 e. The maximum Gasteiger partial charge on any atom is 0.336 e. The first-order chi connectivity index (χ1) is 8.00. The van der Waals surface area contributed by atoms with E-state index in [4.69, 9.17) is 9.84 Å². The second-order valence-electron chi connectivity index (χ2n) is 4.71. The maximum atomic E-state index is 11.0. The van der Waals surface area contributed by atoms with Crippen molar-refractivity contribution in [2.75, 3.05) is 0 Å². The molecule has 0 aliphatic carbocycles. The van der Waals surface area contributed by atoms with Crippen molar-refractivity contribution in [1.82, 2.24) is 0 Å². The summed E-state index contributed by atoms with van der Waals surface area (Å²) in [5.74, 6) is -0.319. The van der Waals surface area contributed by atoms with Crippen molar-refractivity contribution in [3.05, 3.63) is 35.4 Å². The molecular formula is C14H20O3. The summed E-state index contributed by atoms with van der Waals surface area (Å²) in [6.07, 6.45) is 1.13. The fraction of sp³-hybridized carbons (Fsp3) is 0.500. The average molecular weight is 236 g/mol. The summed E-state index contributed by atoms with van der Waals surface area (Å²) in [5.41, 5.74) is 1.06. The summed E-state index contributed by atoms with van der Waals surface area (Å²) in [6.45, 7) is 6.66. The molecule has 94 valence electrons. The molecule has 0 heterocycles. The molecular weight excluding hydrogens is 216 g/mol. The number of hydrogen-bond acceptors (Lipinski definition) is 2. The highest BCUT2D eigenvalue weighted by molar-refractivity contribution is 5.89. The molecule has 0 aromatic heterocycles. The maximum absolute atomic E-state index is 11.0. The second kappa shape index (κ2) is 6.40. The predicted molar refractivity (Wildman–Crippen MR) is 67.1 cm³/mol. The molecule has 0 aliphatic rings. The molecule has 0 spiro atoms. The molecule has 1 aromatic carbocycles. The summed E-state index contributed by atoms with van der Waals surface area (Å²) in [7, 11) is 0. The highest BCUT2D eigenvalue weighted by atomic mass is 16.5. The van der Waals surface area contributed by atoms with E-state index < -0.39 is 5.97 Å². The Morgan fingerprint density at radius 2 is 1.94 bits per heavy atom. The van der Waals surface area contributed by atoms with Crippen molar-refractivity contribution in [3.8, 4) is 0 Å². The van der Waals surface area contributed by atoms with Crippen LogP contribution in [0.5, 0.6) is 0 Å². The van der Waals surface area contributed by atoms with E-state index in [2.05, 4.69) is 13.8 Å². The fourth-order valence-electron chi connectivity index (χ4n) is 1.82. The van der Waals surface area contributed by atoms with E-state index in [-0.39, 0.29) is 6.10 Å². The Hall–Kier alpha value is -1.35. The highest BCUT2D eigenvalue weighted by Crippen LogP contribution is 2.14. The van der Waals surface area contributed by atoms with Crippen molar-refractivity contribution in [3.63, 3.8) is 0 Å². The number of hydrogen-bond donors (Lipinski definition) is 1. The minimum atomic E-state index is -0.902. The number of carboxylic acids is 1. The third-order valence-corrected chi connectivity index (χ3v) is 2.57. The van der Waals surface area contributed by atoms with E-state index in [1.54, 1.807) is 18.2 Å². The lowest BCUT2D eigenvalue weighted by molar-refractivity contribution is 0.0384. The molecule has 1 aromatic rings. The van der Waals surface area contributed by atoms with Crippen LogP contribution < -0.4 is 0 Å². The third-order valence-electron chi connectivity index (χ3n) is 2.57. The Morgan fingerprint density at radius 3 is 2.53 bits per heavy atom. The van der Waals surface area contributed by atoms with Crippen LogP contribution in [-0.4, -0.2) is 17.2 Å². The average Bonchev–Trinajstić information content (AvgIpc) is 2.25. The quantitative estimate of drug-likeness (QED) is 0.824. The number of aromatic carboxylic acids is 1. The minimum absolute atomic E-state index is 0.150. The lowest BCUT2D eigenvalue weighted by Crippen LogP contribution is -2.12. The van der Waals surface area contributed by atoms with Gasteiger partial charge in [-0.15, -0.1) is 0 Å². The van der Waals surface area contributed by atoms with Crippen LogP contribution in [0, 0.1) is 5.92 Å². The van der Waals surface area contributed by atoms with Gasteiger partial charge < -0.3 is 9.84 Å². The molecule has 0 radical (unpaired) electrons. The van der Waals surface area contributed by atoms with Gasteiger partial charge in [0.05, 0.1) is 18.3 Å². The van der Waals surface area contributed by atoms with Crippen LogP contribution in [0.1, 0.15) is 43.1 Å². The van der Waals surface area contributed by atoms with E-state index >= 15 is 0 Å². The van der Waals surface area contributed by atoms with Gasteiger partial charge >= 0.3 is 5.97 Å². The monoisotopic (exact) mass is 236 g/mol. The van der Waals surface area contributed by atoms with Gasteiger partial charge in [0, 0.05) is 0 Å². The lowest BCUT2D eigenvalue weighted by Gasteiger charge is -2.15. The first kappa shape index (κ1) is 13.7. The molecule has 1 atom stereocenters. The second-order valence-corrected chi connectivity index (χ2v) is 4.71. The van der Waals surface area contributed by atoms with Crippen molar-refractivity contribution in [2.45, 2.75) is 39.9 Å². The molecule has 1 unspecified atom stereocenters. The topological polar surface area (TPSA) is 46.5 Å². The number of carbonyl (C=O) groups is 1. The van der Waals surface area contributed by atoms with E-state index in [1.807, 2.05) is 13.0 Å².